The number of hydrogen-bond acceptors (Lipinski definition) is 6. The molecular formula is C15H11BrN2O4. The summed E-state index contributed by atoms with van der Waals surface area (Å²) in [5.74, 6) is 0.189. The van der Waals surface area contributed by atoms with Crippen molar-refractivity contribution in [2.45, 2.75) is 13.5 Å². The Hall–Kier alpha value is -2.41. The number of nitrogens with zero attached hydrogens (tertiary/aromatic N) is 2. The molecule has 0 fully saturated rings. The lowest BCUT2D eigenvalue weighted by molar-refractivity contribution is 0.0392. The van der Waals surface area contributed by atoms with E-state index in [4.69, 9.17) is 13.7 Å². The Kier molecular flexibility index (Phi) is 4.06. The largest absolute Gasteiger partial charge is 0.450 e. The molecule has 7 heteroatoms. The predicted octanol–water partition coefficient (Wildman–Crippen LogP) is 3.76. The topological polar surface area (TPSA) is 78.4 Å². The van der Waals surface area contributed by atoms with Gasteiger partial charge in [0.05, 0.1) is 0 Å². The summed E-state index contributed by atoms with van der Waals surface area (Å²) in [5.41, 5.74) is 1.91. The molecule has 3 aromatic rings. The molecule has 0 unspecified atom stereocenters. The summed E-state index contributed by atoms with van der Waals surface area (Å²) in [4.78, 5) is 16.0. The second-order valence-electron chi connectivity index (χ2n) is 4.51. The van der Waals surface area contributed by atoms with E-state index in [-0.39, 0.29) is 18.3 Å². The average molecular weight is 363 g/mol. The van der Waals surface area contributed by atoms with Crippen LogP contribution in [0.5, 0.6) is 0 Å². The highest BCUT2D eigenvalue weighted by atomic mass is 79.9. The summed E-state index contributed by atoms with van der Waals surface area (Å²) in [6, 6.07) is 10.8. The van der Waals surface area contributed by atoms with Gasteiger partial charge in [0.2, 0.25) is 11.6 Å². The third-order valence-electron chi connectivity index (χ3n) is 2.96. The molecule has 112 valence electrons. The number of benzene rings is 1. The van der Waals surface area contributed by atoms with E-state index in [2.05, 4.69) is 26.1 Å². The van der Waals surface area contributed by atoms with Crippen molar-refractivity contribution in [3.05, 3.63) is 58.3 Å². The Morgan fingerprint density at radius 2 is 2.09 bits per heavy atom. The van der Waals surface area contributed by atoms with Crippen molar-refractivity contribution >= 4 is 21.9 Å². The van der Waals surface area contributed by atoms with Crippen LogP contribution in [0, 0.1) is 6.92 Å². The van der Waals surface area contributed by atoms with Crippen LogP contribution in [-0.2, 0) is 11.3 Å². The molecule has 3 rings (SSSR count). The number of aryl methyl sites for hydroxylation is 1. The van der Waals surface area contributed by atoms with Crippen molar-refractivity contribution in [3.63, 3.8) is 0 Å². The number of halogens is 1. The van der Waals surface area contributed by atoms with Crippen LogP contribution in [0.4, 0.5) is 0 Å². The van der Waals surface area contributed by atoms with E-state index >= 15 is 0 Å². The fourth-order valence-electron chi connectivity index (χ4n) is 1.87. The van der Waals surface area contributed by atoms with Crippen LogP contribution in [0.3, 0.4) is 0 Å². The third-order valence-corrected chi connectivity index (χ3v) is 3.38. The first-order valence-corrected chi connectivity index (χ1v) is 7.24. The molecule has 2 aromatic heterocycles. The maximum Gasteiger partial charge on any atom is 0.374 e. The van der Waals surface area contributed by atoms with Gasteiger partial charge in [-0.15, -0.1) is 0 Å². The lowest BCUT2D eigenvalue weighted by Crippen LogP contribution is -2.04. The van der Waals surface area contributed by atoms with Gasteiger partial charge in [0, 0.05) is 5.56 Å². The smallest absolute Gasteiger partial charge is 0.374 e. The molecule has 0 atom stereocenters. The van der Waals surface area contributed by atoms with Gasteiger partial charge in [-0.2, -0.15) is 4.98 Å². The van der Waals surface area contributed by atoms with Gasteiger partial charge >= 0.3 is 5.97 Å². The summed E-state index contributed by atoms with van der Waals surface area (Å²) in [5, 5.41) is 3.89. The third kappa shape index (κ3) is 3.09. The number of furan rings is 1. The minimum atomic E-state index is -0.596. The van der Waals surface area contributed by atoms with Gasteiger partial charge in [0.25, 0.3) is 5.89 Å². The molecule has 0 spiro atoms. The minimum Gasteiger partial charge on any atom is -0.450 e. The Labute approximate surface area is 134 Å². The molecule has 2 heterocycles. The maximum atomic E-state index is 11.7. The van der Waals surface area contributed by atoms with Gasteiger partial charge < -0.3 is 13.7 Å². The maximum absolute atomic E-state index is 11.7. The van der Waals surface area contributed by atoms with Crippen LogP contribution >= 0.6 is 15.9 Å². The number of esters is 1. The second kappa shape index (κ2) is 6.15. The Balaban J connectivity index is 1.67. The van der Waals surface area contributed by atoms with E-state index < -0.39 is 5.97 Å². The molecule has 0 aliphatic heterocycles. The first-order valence-electron chi connectivity index (χ1n) is 6.44. The van der Waals surface area contributed by atoms with E-state index in [1.54, 1.807) is 6.07 Å². The van der Waals surface area contributed by atoms with Crippen LogP contribution < -0.4 is 0 Å². The Bertz CT molecular complexity index is 809. The zero-order valence-electron chi connectivity index (χ0n) is 11.6. The molecule has 0 saturated heterocycles. The molecule has 22 heavy (non-hydrogen) atoms. The standard InChI is InChI=1S/C15H11BrN2O4/c1-9-4-2-3-5-10(9)14-17-13(22-18-14)8-20-15(19)11-6-7-12(16)21-11/h2-7H,8H2,1H3. The first kappa shape index (κ1) is 14.5. The van der Waals surface area contributed by atoms with Crippen molar-refractivity contribution in [1.82, 2.24) is 10.1 Å². The zero-order chi connectivity index (χ0) is 15.5. The number of aromatic nitrogens is 2. The number of carbonyl (C=O) groups excluding carboxylic acids is 1. The van der Waals surface area contributed by atoms with Crippen LogP contribution in [0.15, 0.2) is 50.0 Å². The lowest BCUT2D eigenvalue weighted by atomic mass is 10.1. The Morgan fingerprint density at radius 3 is 2.82 bits per heavy atom. The average Bonchev–Trinajstić information content (AvgIpc) is 3.14. The van der Waals surface area contributed by atoms with Gasteiger partial charge in [0.15, 0.2) is 11.3 Å². The van der Waals surface area contributed by atoms with E-state index in [0.29, 0.717) is 10.5 Å². The van der Waals surface area contributed by atoms with Crippen molar-refractivity contribution in [3.8, 4) is 11.4 Å². The van der Waals surface area contributed by atoms with Crippen molar-refractivity contribution in [1.29, 1.82) is 0 Å². The fourth-order valence-corrected chi connectivity index (χ4v) is 2.18. The van der Waals surface area contributed by atoms with E-state index in [0.717, 1.165) is 11.1 Å². The van der Waals surface area contributed by atoms with Crippen molar-refractivity contribution < 1.29 is 18.5 Å². The minimum absolute atomic E-state index is 0.102. The molecule has 0 aliphatic carbocycles. The molecule has 0 radical (unpaired) electrons. The van der Waals surface area contributed by atoms with E-state index in [1.165, 1.54) is 6.07 Å². The van der Waals surface area contributed by atoms with Gasteiger partial charge in [-0.1, -0.05) is 29.4 Å². The van der Waals surface area contributed by atoms with Crippen LogP contribution in [0.1, 0.15) is 22.0 Å². The summed E-state index contributed by atoms with van der Waals surface area (Å²) in [7, 11) is 0. The number of ether oxygens (including phenoxy) is 1. The fraction of sp³-hybridized carbons (Fsp3) is 0.133. The molecule has 0 bridgehead atoms. The quantitative estimate of drug-likeness (QED) is 0.657. The molecule has 0 amide bonds. The Morgan fingerprint density at radius 1 is 1.27 bits per heavy atom. The molecule has 6 nitrogen and oxygen atoms in total. The van der Waals surface area contributed by atoms with Gasteiger partial charge in [-0.05, 0) is 40.5 Å². The summed E-state index contributed by atoms with van der Waals surface area (Å²) in [6.45, 7) is 1.84. The lowest BCUT2D eigenvalue weighted by Gasteiger charge is -1.99. The van der Waals surface area contributed by atoms with E-state index in [1.807, 2.05) is 31.2 Å². The molecule has 0 saturated carbocycles. The van der Waals surface area contributed by atoms with E-state index in [9.17, 15) is 4.79 Å². The number of hydrogen-bond donors (Lipinski definition) is 0. The summed E-state index contributed by atoms with van der Waals surface area (Å²) < 4.78 is 15.7. The monoisotopic (exact) mass is 362 g/mol. The van der Waals surface area contributed by atoms with Gasteiger partial charge in [0.1, 0.15) is 0 Å². The van der Waals surface area contributed by atoms with Crippen LogP contribution in [0.25, 0.3) is 11.4 Å². The number of rotatable bonds is 4. The number of carbonyl (C=O) groups is 1. The van der Waals surface area contributed by atoms with Crippen LogP contribution in [0.2, 0.25) is 0 Å². The molecule has 0 N–H and O–H groups in total. The highest BCUT2D eigenvalue weighted by molar-refractivity contribution is 9.10. The van der Waals surface area contributed by atoms with Crippen molar-refractivity contribution in [2.24, 2.45) is 0 Å². The second-order valence-corrected chi connectivity index (χ2v) is 5.29. The van der Waals surface area contributed by atoms with Gasteiger partial charge in [-0.3, -0.25) is 0 Å². The SMILES string of the molecule is Cc1ccccc1-c1noc(COC(=O)c2ccc(Br)o2)n1. The highest BCUT2D eigenvalue weighted by Crippen LogP contribution is 2.20. The first-order chi connectivity index (χ1) is 10.6. The van der Waals surface area contributed by atoms with Crippen LogP contribution in [-0.4, -0.2) is 16.1 Å². The summed E-state index contributed by atoms with van der Waals surface area (Å²) in [6.07, 6.45) is 0. The molecule has 0 aliphatic rings. The molecular weight excluding hydrogens is 352 g/mol. The molecule has 1 aromatic carbocycles. The summed E-state index contributed by atoms with van der Waals surface area (Å²) >= 11 is 3.12. The highest BCUT2D eigenvalue weighted by Gasteiger charge is 2.15. The predicted molar refractivity (Wildman–Crippen MR) is 80.0 cm³/mol. The normalized spacial score (nSPS) is 10.6. The zero-order valence-corrected chi connectivity index (χ0v) is 13.2. The van der Waals surface area contributed by atoms with Gasteiger partial charge in [-0.25, -0.2) is 4.79 Å². The van der Waals surface area contributed by atoms with Crippen molar-refractivity contribution in [2.75, 3.05) is 0 Å².